The third kappa shape index (κ3) is 7.61. The van der Waals surface area contributed by atoms with Crippen LogP contribution in [-0.2, 0) is 11.0 Å². The van der Waals surface area contributed by atoms with Gasteiger partial charge >= 0.3 is 12.2 Å². The normalized spacial score (nSPS) is 21.7. The van der Waals surface area contributed by atoms with Gasteiger partial charge in [0.15, 0.2) is 0 Å². The van der Waals surface area contributed by atoms with E-state index in [2.05, 4.69) is 48.7 Å². The quantitative estimate of drug-likeness (QED) is 0.432. The van der Waals surface area contributed by atoms with Crippen molar-refractivity contribution in [2.24, 2.45) is 5.92 Å². The summed E-state index contributed by atoms with van der Waals surface area (Å²) in [6.07, 6.45) is 0.908. The molecule has 4 amide bonds. The molecule has 1 saturated carbocycles. The number of hydrogen-bond acceptors (Lipinski definition) is 4. The van der Waals surface area contributed by atoms with Crippen LogP contribution >= 0.6 is 0 Å². The molecular formula is C27H40F3N5O3. The molecule has 3 N–H and O–H groups in total. The second kappa shape index (κ2) is 12.8. The molecule has 212 valence electrons. The van der Waals surface area contributed by atoms with E-state index in [1.807, 2.05) is 0 Å². The van der Waals surface area contributed by atoms with Crippen LogP contribution in [0.3, 0.4) is 0 Å². The molecule has 11 heteroatoms. The summed E-state index contributed by atoms with van der Waals surface area (Å²) in [5.74, 6) is -0.942. The third-order valence-electron chi connectivity index (χ3n) is 7.74. The molecule has 2 fully saturated rings. The molecule has 0 bridgehead atoms. The fourth-order valence-electron chi connectivity index (χ4n) is 5.16. The largest absolute Gasteiger partial charge is 0.416 e. The van der Waals surface area contributed by atoms with Crippen LogP contribution < -0.4 is 16.0 Å². The zero-order chi connectivity index (χ0) is 28.0. The molecule has 1 aliphatic carbocycles. The average Bonchev–Trinajstić information content (AvgIpc) is 2.81. The number of likely N-dealkylation sites (tertiary alicyclic amines) is 1. The highest BCUT2D eigenvalue weighted by Gasteiger charge is 2.34. The van der Waals surface area contributed by atoms with Crippen molar-refractivity contribution in [3.05, 3.63) is 29.3 Å². The lowest BCUT2D eigenvalue weighted by Gasteiger charge is -2.41. The summed E-state index contributed by atoms with van der Waals surface area (Å²) >= 11 is 0. The minimum Gasteiger partial charge on any atom is -0.352 e. The van der Waals surface area contributed by atoms with Gasteiger partial charge in [-0.1, -0.05) is 13.3 Å². The second-order valence-electron chi connectivity index (χ2n) is 10.7. The number of carbonyl (C=O) groups excluding carboxylic acids is 3. The number of nitrogens with zero attached hydrogens (tertiary/aromatic N) is 2. The van der Waals surface area contributed by atoms with E-state index < -0.39 is 29.6 Å². The van der Waals surface area contributed by atoms with E-state index in [0.717, 1.165) is 50.7 Å². The van der Waals surface area contributed by atoms with Gasteiger partial charge in [0.1, 0.15) is 0 Å². The number of rotatable bonds is 9. The van der Waals surface area contributed by atoms with Crippen molar-refractivity contribution in [1.82, 2.24) is 20.4 Å². The van der Waals surface area contributed by atoms with Gasteiger partial charge in [0.2, 0.25) is 5.91 Å². The van der Waals surface area contributed by atoms with Crippen LogP contribution in [-0.4, -0.2) is 72.5 Å². The van der Waals surface area contributed by atoms with Crippen molar-refractivity contribution in [3.8, 4) is 0 Å². The Bertz CT molecular complexity index is 997. The first-order chi connectivity index (χ1) is 17.9. The summed E-state index contributed by atoms with van der Waals surface area (Å²) in [6.45, 7) is 7.16. The molecule has 0 aromatic heterocycles. The lowest BCUT2D eigenvalue weighted by atomic mass is 9.78. The maximum atomic E-state index is 13.3. The molecule has 0 radical (unpaired) electrons. The molecule has 1 aliphatic heterocycles. The molecule has 1 aromatic rings. The minimum atomic E-state index is -4.66. The zero-order valence-corrected chi connectivity index (χ0v) is 22.7. The SMILES string of the molecule is CCC[C@@H]1C[C@H](N(C)C(C)C)CC[C@@H]1NC(=O)CNC(=O)c1cc(C(F)(F)F)ccc1NC(=O)N1CCC1. The number of anilines is 1. The lowest BCUT2D eigenvalue weighted by molar-refractivity contribution is -0.137. The van der Waals surface area contributed by atoms with Crippen LogP contribution in [0.1, 0.15) is 75.2 Å². The molecule has 3 rings (SSSR count). The molecule has 0 spiro atoms. The molecule has 1 saturated heterocycles. The molecule has 1 aromatic carbocycles. The van der Waals surface area contributed by atoms with Gasteiger partial charge in [0.25, 0.3) is 5.91 Å². The Hall–Kier alpha value is -2.82. The van der Waals surface area contributed by atoms with Gasteiger partial charge < -0.3 is 25.8 Å². The van der Waals surface area contributed by atoms with Gasteiger partial charge in [-0.2, -0.15) is 13.2 Å². The van der Waals surface area contributed by atoms with E-state index >= 15 is 0 Å². The number of halogens is 3. The second-order valence-corrected chi connectivity index (χ2v) is 10.7. The van der Waals surface area contributed by atoms with Gasteiger partial charge in [0.05, 0.1) is 23.4 Å². The van der Waals surface area contributed by atoms with Crippen molar-refractivity contribution >= 4 is 23.5 Å². The number of carbonyl (C=O) groups is 3. The fourth-order valence-corrected chi connectivity index (χ4v) is 5.16. The highest BCUT2D eigenvalue weighted by Crippen LogP contribution is 2.33. The Morgan fingerprint density at radius 2 is 1.87 bits per heavy atom. The number of benzene rings is 1. The highest BCUT2D eigenvalue weighted by molar-refractivity contribution is 6.04. The Morgan fingerprint density at radius 3 is 2.45 bits per heavy atom. The number of nitrogens with one attached hydrogen (secondary N) is 3. The lowest BCUT2D eigenvalue weighted by Crippen LogP contribution is -2.51. The average molecular weight is 540 g/mol. The predicted molar refractivity (Wildman–Crippen MR) is 140 cm³/mol. The van der Waals surface area contributed by atoms with Crippen LogP contribution in [0, 0.1) is 5.92 Å². The Labute approximate surface area is 222 Å². The Morgan fingerprint density at radius 1 is 1.16 bits per heavy atom. The molecule has 3 atom stereocenters. The van der Waals surface area contributed by atoms with Gasteiger partial charge in [-0.15, -0.1) is 0 Å². The van der Waals surface area contributed by atoms with Crippen LogP contribution in [0.15, 0.2) is 18.2 Å². The van der Waals surface area contributed by atoms with E-state index in [1.54, 1.807) is 0 Å². The van der Waals surface area contributed by atoms with E-state index in [0.29, 0.717) is 37.2 Å². The smallest absolute Gasteiger partial charge is 0.352 e. The molecule has 0 unspecified atom stereocenters. The van der Waals surface area contributed by atoms with Gasteiger partial charge in [0, 0.05) is 31.2 Å². The monoisotopic (exact) mass is 539 g/mol. The summed E-state index contributed by atoms with van der Waals surface area (Å²) in [7, 11) is 2.13. The first-order valence-electron chi connectivity index (χ1n) is 13.5. The molecular weight excluding hydrogens is 499 g/mol. The Kier molecular flexibility index (Phi) is 10.0. The van der Waals surface area contributed by atoms with Crippen LogP contribution in [0.4, 0.5) is 23.7 Å². The standard InChI is InChI=1S/C27H40F3N5O3/c1-5-7-18-14-20(34(4)17(2)3)9-11-22(18)32-24(36)16-31-25(37)21-15-19(27(28,29)30)8-10-23(21)33-26(38)35-12-6-13-35/h8,10,15,17-18,20,22H,5-7,9,11-14,16H2,1-4H3,(H,31,37)(H,32,36)(H,33,38)/t18-,20-,22+/m1/s1. The van der Waals surface area contributed by atoms with Gasteiger partial charge in [-0.25, -0.2) is 4.79 Å². The summed E-state index contributed by atoms with van der Waals surface area (Å²) < 4.78 is 40.0. The van der Waals surface area contributed by atoms with Crippen molar-refractivity contribution in [2.45, 2.75) is 83.6 Å². The Balaban J connectivity index is 1.64. The topological polar surface area (TPSA) is 93.8 Å². The van der Waals surface area contributed by atoms with Crippen molar-refractivity contribution in [2.75, 3.05) is 32.0 Å². The number of amides is 4. The fraction of sp³-hybridized carbons (Fsp3) is 0.667. The minimum absolute atomic E-state index is 0.0175. The number of alkyl halides is 3. The van der Waals surface area contributed by atoms with Gasteiger partial charge in [-0.3, -0.25) is 9.59 Å². The van der Waals surface area contributed by atoms with E-state index in [1.165, 1.54) is 4.90 Å². The molecule has 8 nitrogen and oxygen atoms in total. The predicted octanol–water partition coefficient (Wildman–Crippen LogP) is 4.47. The van der Waals surface area contributed by atoms with E-state index in [9.17, 15) is 27.6 Å². The van der Waals surface area contributed by atoms with Crippen LogP contribution in [0.2, 0.25) is 0 Å². The highest BCUT2D eigenvalue weighted by atomic mass is 19.4. The molecule has 38 heavy (non-hydrogen) atoms. The summed E-state index contributed by atoms with van der Waals surface area (Å²) in [5, 5.41) is 7.99. The summed E-state index contributed by atoms with van der Waals surface area (Å²) in [5.41, 5.74) is -1.40. The summed E-state index contributed by atoms with van der Waals surface area (Å²) in [6, 6.07) is 2.96. The van der Waals surface area contributed by atoms with Gasteiger partial charge in [-0.05, 0) is 77.1 Å². The van der Waals surface area contributed by atoms with Crippen LogP contribution in [0.25, 0.3) is 0 Å². The maximum Gasteiger partial charge on any atom is 0.416 e. The molecule has 2 aliphatic rings. The zero-order valence-electron chi connectivity index (χ0n) is 22.7. The first kappa shape index (κ1) is 29.7. The van der Waals surface area contributed by atoms with E-state index in [4.69, 9.17) is 0 Å². The van der Waals surface area contributed by atoms with E-state index in [-0.39, 0.29) is 23.8 Å². The summed E-state index contributed by atoms with van der Waals surface area (Å²) in [4.78, 5) is 41.8. The van der Waals surface area contributed by atoms with Crippen LogP contribution in [0.5, 0.6) is 0 Å². The first-order valence-corrected chi connectivity index (χ1v) is 13.5. The maximum absolute atomic E-state index is 13.3. The van der Waals surface area contributed by atoms with Crippen molar-refractivity contribution in [3.63, 3.8) is 0 Å². The third-order valence-corrected chi connectivity index (χ3v) is 7.74. The number of hydrogen-bond donors (Lipinski definition) is 3. The number of urea groups is 1. The van der Waals surface area contributed by atoms with Crippen molar-refractivity contribution < 1.29 is 27.6 Å². The van der Waals surface area contributed by atoms with Crippen molar-refractivity contribution in [1.29, 1.82) is 0 Å². The molecule has 1 heterocycles.